The summed E-state index contributed by atoms with van der Waals surface area (Å²) in [5, 5.41) is 9.07. The number of hydrogen-bond acceptors (Lipinski definition) is 5. The van der Waals surface area contributed by atoms with Crippen molar-refractivity contribution in [3.05, 3.63) is 41.2 Å². The summed E-state index contributed by atoms with van der Waals surface area (Å²) >= 11 is 8.44. The summed E-state index contributed by atoms with van der Waals surface area (Å²) in [4.78, 5) is 4.39. The molecule has 3 rings (SSSR count). The number of ether oxygens (including phenoxy) is 2. The third-order valence-electron chi connectivity index (χ3n) is 3.56. The van der Waals surface area contributed by atoms with Crippen molar-refractivity contribution in [2.24, 2.45) is 0 Å². The van der Waals surface area contributed by atoms with Crippen LogP contribution in [0.2, 0.25) is 5.15 Å². The van der Waals surface area contributed by atoms with E-state index in [1.807, 2.05) is 28.7 Å². The first-order valence-electron chi connectivity index (χ1n) is 7.02. The molecule has 1 aromatic carbocycles. The number of hydrogen-bond donors (Lipinski definition) is 1. The minimum absolute atomic E-state index is 0.433. The van der Waals surface area contributed by atoms with Gasteiger partial charge in [-0.2, -0.15) is 5.10 Å². The summed E-state index contributed by atoms with van der Waals surface area (Å²) in [7, 11) is 3.27. The number of fused-ring (bicyclic) bond motifs is 1. The Balaban J connectivity index is 1.90. The first-order chi connectivity index (χ1) is 11.7. The molecule has 2 aromatic heterocycles. The van der Waals surface area contributed by atoms with Crippen molar-refractivity contribution in [1.29, 1.82) is 0 Å². The van der Waals surface area contributed by atoms with Crippen LogP contribution in [0.15, 0.2) is 30.5 Å². The number of nitrogens with zero attached hydrogens (tertiary/aromatic N) is 3. The molecule has 24 heavy (non-hydrogen) atoms. The van der Waals surface area contributed by atoms with Gasteiger partial charge in [0.2, 0.25) is 0 Å². The van der Waals surface area contributed by atoms with E-state index in [-0.39, 0.29) is 0 Å². The predicted molar refractivity (Wildman–Crippen MR) is 107 cm³/mol. The number of aromatic nitrogens is 3. The maximum atomic E-state index is 6.16. The highest BCUT2D eigenvalue weighted by Gasteiger charge is 2.11. The van der Waals surface area contributed by atoms with Crippen LogP contribution in [0.3, 0.4) is 0 Å². The van der Waals surface area contributed by atoms with Gasteiger partial charge in [-0.25, -0.2) is 9.44 Å². The molecule has 0 saturated heterocycles. The van der Waals surface area contributed by atoms with Gasteiger partial charge in [-0.1, -0.05) is 11.6 Å². The molecular weight excluding hydrogens is 462 g/mol. The van der Waals surface area contributed by atoms with E-state index < -0.39 is 0 Å². The van der Waals surface area contributed by atoms with Crippen LogP contribution in [0.25, 0.3) is 10.9 Å². The predicted octanol–water partition coefficient (Wildman–Crippen LogP) is 4.51. The topological polar surface area (TPSA) is 61.2 Å². The van der Waals surface area contributed by atoms with Crippen LogP contribution in [0.1, 0.15) is 5.56 Å². The molecule has 0 aliphatic carbocycles. The van der Waals surface area contributed by atoms with E-state index in [2.05, 4.69) is 37.4 Å². The van der Waals surface area contributed by atoms with E-state index in [0.29, 0.717) is 23.9 Å². The summed E-state index contributed by atoms with van der Waals surface area (Å²) in [6.45, 7) is 0.549. The van der Waals surface area contributed by atoms with E-state index >= 15 is 0 Å². The summed E-state index contributed by atoms with van der Waals surface area (Å²) in [6, 6.07) is 7.54. The number of rotatable bonds is 6. The van der Waals surface area contributed by atoms with Crippen molar-refractivity contribution in [3.63, 3.8) is 0 Å². The fraction of sp³-hybridized carbons (Fsp3) is 0.200. The molecule has 1 atom stereocenters. The number of benzene rings is 1. The van der Waals surface area contributed by atoms with Gasteiger partial charge in [0.15, 0.2) is 0 Å². The van der Waals surface area contributed by atoms with Gasteiger partial charge in [0, 0.05) is 24.2 Å². The fourth-order valence-electron chi connectivity index (χ4n) is 2.37. The van der Waals surface area contributed by atoms with Crippen LogP contribution in [0.4, 0.5) is 5.82 Å². The number of halogens is 2. The highest BCUT2D eigenvalue weighted by atomic mass is 127. The summed E-state index contributed by atoms with van der Waals surface area (Å²) in [6.07, 6.45) is 2.30. The molecule has 1 N–H and O–H groups in total. The van der Waals surface area contributed by atoms with Crippen LogP contribution in [-0.2, 0) is 6.54 Å². The second-order valence-corrected chi connectivity index (χ2v) is 7.33. The van der Waals surface area contributed by atoms with Gasteiger partial charge >= 0.3 is 0 Å². The van der Waals surface area contributed by atoms with Gasteiger partial charge in [0.25, 0.3) is 0 Å². The number of nitrogens with one attached hydrogen (secondary N) is 1. The Bertz CT molecular complexity index is 874. The molecule has 0 radical (unpaired) electrons. The van der Waals surface area contributed by atoms with Crippen molar-refractivity contribution in [3.8, 4) is 11.5 Å². The quantitative estimate of drug-likeness (QED) is 0.322. The van der Waals surface area contributed by atoms with Gasteiger partial charge < -0.3 is 14.8 Å². The SMILES string of the molecule is COc1ccc(CNc2nc(Cl)cc3c2cnn3PI)c(OC)c1. The van der Waals surface area contributed by atoms with Crippen LogP contribution < -0.4 is 14.8 Å². The Morgan fingerprint density at radius 2 is 2.12 bits per heavy atom. The normalized spacial score (nSPS) is 11.3. The fourth-order valence-corrected chi connectivity index (χ4v) is 4.09. The highest BCUT2D eigenvalue weighted by Crippen LogP contribution is 2.33. The molecule has 6 nitrogen and oxygen atoms in total. The molecule has 126 valence electrons. The van der Waals surface area contributed by atoms with Gasteiger partial charge in [-0.3, -0.25) is 0 Å². The smallest absolute Gasteiger partial charge is 0.139 e. The van der Waals surface area contributed by atoms with Gasteiger partial charge in [-0.05, 0) is 34.2 Å². The second-order valence-electron chi connectivity index (χ2n) is 4.90. The number of pyridine rings is 1. The zero-order valence-corrected chi connectivity index (χ0v) is 16.9. The molecule has 1 unspecified atom stereocenters. The maximum Gasteiger partial charge on any atom is 0.139 e. The van der Waals surface area contributed by atoms with Crippen LogP contribution >= 0.6 is 40.0 Å². The molecule has 0 amide bonds. The standard InChI is InChI=1S/C15H15ClIN4O2P/c1-22-10-4-3-9(13(5-10)23-2)7-18-15-11-8-19-21(24-17)12(11)6-14(16)20-15/h3-6,8,24H,7H2,1-2H3,(H,18,20). The van der Waals surface area contributed by atoms with Crippen molar-refractivity contribution in [2.45, 2.75) is 6.54 Å². The lowest BCUT2D eigenvalue weighted by Gasteiger charge is -2.12. The average Bonchev–Trinajstić information content (AvgIpc) is 3.02. The number of anilines is 1. The average molecular weight is 477 g/mol. The van der Waals surface area contributed by atoms with E-state index in [1.54, 1.807) is 20.4 Å². The summed E-state index contributed by atoms with van der Waals surface area (Å²) in [5.74, 6) is 2.21. The Labute approximate surface area is 159 Å². The molecule has 0 aliphatic rings. The van der Waals surface area contributed by atoms with Crippen molar-refractivity contribution >= 4 is 56.7 Å². The lowest BCUT2D eigenvalue weighted by atomic mass is 10.2. The molecule has 0 aliphatic heterocycles. The molecule has 0 saturated carbocycles. The van der Waals surface area contributed by atoms with Gasteiger partial charge in [0.05, 0.1) is 37.7 Å². The molecule has 0 spiro atoms. The first-order valence-corrected chi connectivity index (χ1v) is 11.5. The zero-order chi connectivity index (χ0) is 17.1. The third kappa shape index (κ3) is 3.53. The molecule has 3 aromatic rings. The maximum absolute atomic E-state index is 6.16. The van der Waals surface area contributed by atoms with Crippen molar-refractivity contribution < 1.29 is 9.47 Å². The minimum Gasteiger partial charge on any atom is -0.497 e. The summed E-state index contributed by atoms with van der Waals surface area (Å²) in [5.41, 5.74) is 1.96. The molecular formula is C15H15ClIN4O2P. The van der Waals surface area contributed by atoms with E-state index in [9.17, 15) is 0 Å². The Kier molecular flexibility index (Phi) is 5.63. The molecule has 2 heterocycles. The van der Waals surface area contributed by atoms with E-state index in [4.69, 9.17) is 21.1 Å². The van der Waals surface area contributed by atoms with Crippen LogP contribution in [-0.4, -0.2) is 28.8 Å². The third-order valence-corrected chi connectivity index (χ3v) is 5.64. The molecule has 0 bridgehead atoms. The monoisotopic (exact) mass is 476 g/mol. The molecule has 9 heteroatoms. The Morgan fingerprint density at radius 3 is 2.83 bits per heavy atom. The first kappa shape index (κ1) is 17.5. The van der Waals surface area contributed by atoms with Gasteiger partial charge in [0.1, 0.15) is 22.5 Å². The van der Waals surface area contributed by atoms with E-state index in [0.717, 1.165) is 28.0 Å². The number of methoxy groups -OCH3 is 2. The van der Waals surface area contributed by atoms with Gasteiger partial charge in [-0.15, -0.1) is 0 Å². The Morgan fingerprint density at radius 1 is 1.29 bits per heavy atom. The lowest BCUT2D eigenvalue weighted by Crippen LogP contribution is -2.04. The zero-order valence-electron chi connectivity index (χ0n) is 13.0. The lowest BCUT2D eigenvalue weighted by molar-refractivity contribution is 0.391. The Hall–Kier alpha value is -1.31. The van der Waals surface area contributed by atoms with Crippen LogP contribution in [0.5, 0.6) is 11.5 Å². The largest absolute Gasteiger partial charge is 0.497 e. The second kappa shape index (κ2) is 7.72. The van der Waals surface area contributed by atoms with Crippen LogP contribution in [0, 0.1) is 0 Å². The highest BCUT2D eigenvalue weighted by molar-refractivity contribution is 14.2. The molecule has 0 fully saturated rings. The minimum atomic E-state index is 0.433. The van der Waals surface area contributed by atoms with Crippen molar-refractivity contribution in [1.82, 2.24) is 14.5 Å². The van der Waals surface area contributed by atoms with E-state index in [1.165, 1.54) is 0 Å². The van der Waals surface area contributed by atoms with Crippen molar-refractivity contribution in [2.75, 3.05) is 19.5 Å². The summed E-state index contributed by atoms with van der Waals surface area (Å²) < 4.78 is 12.6.